The van der Waals surface area contributed by atoms with E-state index < -0.39 is 5.25 Å². The Kier molecular flexibility index (Phi) is 6.29. The van der Waals surface area contributed by atoms with Crippen molar-refractivity contribution in [2.24, 2.45) is 0 Å². The molecule has 0 fully saturated rings. The number of amides is 1. The van der Waals surface area contributed by atoms with Gasteiger partial charge in [0.25, 0.3) is 5.56 Å². The van der Waals surface area contributed by atoms with Gasteiger partial charge in [-0.3, -0.25) is 19.0 Å². The summed E-state index contributed by atoms with van der Waals surface area (Å²) in [5.41, 5.74) is 2.43. The molecule has 4 rings (SSSR count). The zero-order chi connectivity index (χ0) is 22.1. The molecule has 1 aromatic carbocycles. The lowest BCUT2D eigenvalue weighted by molar-refractivity contribution is -0.115. The lowest BCUT2D eigenvalue weighted by Crippen LogP contribution is -2.27. The number of fused-ring (bicyclic) bond motifs is 3. The number of Topliss-reactive ketones (excluding diaryl/α,β-unsaturated/α-hetero) is 1. The molecule has 2 heterocycles. The molecule has 0 saturated heterocycles. The van der Waals surface area contributed by atoms with Crippen LogP contribution in [-0.4, -0.2) is 26.5 Å². The molecule has 1 aliphatic carbocycles. The topological polar surface area (TPSA) is 81.1 Å². The van der Waals surface area contributed by atoms with Crippen molar-refractivity contribution in [3.05, 3.63) is 50.6 Å². The highest BCUT2D eigenvalue weighted by Gasteiger charge is 2.25. The highest BCUT2D eigenvalue weighted by atomic mass is 32.2. The van der Waals surface area contributed by atoms with Crippen LogP contribution in [0.4, 0.5) is 5.69 Å². The summed E-state index contributed by atoms with van der Waals surface area (Å²) in [6, 6.07) is 6.83. The number of aryl methyl sites for hydroxylation is 2. The molecule has 31 heavy (non-hydrogen) atoms. The number of nitrogens with one attached hydrogen (secondary N) is 1. The van der Waals surface area contributed by atoms with Crippen LogP contribution in [0.2, 0.25) is 0 Å². The number of benzene rings is 1. The minimum Gasteiger partial charge on any atom is -0.325 e. The molecule has 0 radical (unpaired) electrons. The number of nitrogens with zero attached hydrogens (tertiary/aromatic N) is 2. The summed E-state index contributed by atoms with van der Waals surface area (Å²) in [7, 11) is 0. The molecule has 1 amide bonds. The van der Waals surface area contributed by atoms with Gasteiger partial charge in [0, 0.05) is 22.7 Å². The van der Waals surface area contributed by atoms with E-state index in [0.717, 1.165) is 35.9 Å². The van der Waals surface area contributed by atoms with Crippen molar-refractivity contribution in [2.75, 3.05) is 5.32 Å². The van der Waals surface area contributed by atoms with Crippen molar-refractivity contribution in [2.45, 2.75) is 63.4 Å². The van der Waals surface area contributed by atoms with E-state index in [0.29, 0.717) is 23.0 Å². The van der Waals surface area contributed by atoms with E-state index in [1.54, 1.807) is 40.2 Å². The van der Waals surface area contributed by atoms with Crippen LogP contribution in [0.3, 0.4) is 0 Å². The van der Waals surface area contributed by atoms with Gasteiger partial charge in [-0.25, -0.2) is 4.98 Å². The van der Waals surface area contributed by atoms with E-state index in [4.69, 9.17) is 4.98 Å². The van der Waals surface area contributed by atoms with E-state index in [2.05, 4.69) is 5.32 Å². The summed E-state index contributed by atoms with van der Waals surface area (Å²) in [5, 5.41) is 3.81. The molecule has 1 N–H and O–H groups in total. The first-order chi connectivity index (χ1) is 14.9. The number of carbonyl (C=O) groups is 2. The zero-order valence-corrected chi connectivity index (χ0v) is 19.5. The average Bonchev–Trinajstić information content (AvgIpc) is 3.32. The molecule has 1 atom stereocenters. The third kappa shape index (κ3) is 4.32. The van der Waals surface area contributed by atoms with E-state index in [1.807, 2.05) is 13.8 Å². The van der Waals surface area contributed by atoms with Gasteiger partial charge in [-0.2, -0.15) is 0 Å². The minimum atomic E-state index is -0.438. The van der Waals surface area contributed by atoms with Gasteiger partial charge in [0.15, 0.2) is 10.9 Å². The third-order valence-electron chi connectivity index (χ3n) is 5.45. The number of ketones is 1. The number of thiophene rings is 1. The fourth-order valence-electron chi connectivity index (χ4n) is 3.81. The van der Waals surface area contributed by atoms with Gasteiger partial charge in [-0.15, -0.1) is 11.3 Å². The second kappa shape index (κ2) is 8.96. The van der Waals surface area contributed by atoms with Crippen LogP contribution in [0.1, 0.15) is 54.4 Å². The Morgan fingerprint density at radius 1 is 1.26 bits per heavy atom. The van der Waals surface area contributed by atoms with Crippen LogP contribution in [0, 0.1) is 0 Å². The van der Waals surface area contributed by atoms with Crippen molar-refractivity contribution in [1.29, 1.82) is 0 Å². The maximum absolute atomic E-state index is 13.3. The number of aromatic nitrogens is 2. The van der Waals surface area contributed by atoms with Crippen molar-refractivity contribution in [1.82, 2.24) is 9.55 Å². The molecule has 0 aliphatic heterocycles. The van der Waals surface area contributed by atoms with Crippen LogP contribution in [0.5, 0.6) is 0 Å². The van der Waals surface area contributed by atoms with E-state index in [1.165, 1.54) is 29.1 Å². The monoisotopic (exact) mass is 455 g/mol. The Morgan fingerprint density at radius 2 is 2.00 bits per heavy atom. The molecule has 0 saturated carbocycles. The maximum Gasteiger partial charge on any atom is 0.263 e. The molecule has 0 bridgehead atoms. The van der Waals surface area contributed by atoms with Gasteiger partial charge in [-0.05, 0) is 69.4 Å². The SMILES string of the molecule is CCCn1c(SC(C)C(=O)Nc2ccc(C(C)=O)cc2)nc2sc3c(c2c1=O)CCC3. The molecule has 1 unspecified atom stereocenters. The highest BCUT2D eigenvalue weighted by molar-refractivity contribution is 8.00. The Morgan fingerprint density at radius 3 is 2.68 bits per heavy atom. The van der Waals surface area contributed by atoms with Crippen LogP contribution < -0.4 is 10.9 Å². The molecule has 1 aliphatic rings. The second-order valence-electron chi connectivity index (χ2n) is 7.77. The maximum atomic E-state index is 13.3. The molecular formula is C23H25N3O3S2. The van der Waals surface area contributed by atoms with E-state index in [9.17, 15) is 14.4 Å². The fraction of sp³-hybridized carbons (Fsp3) is 0.391. The van der Waals surface area contributed by atoms with Crippen LogP contribution in [0.15, 0.2) is 34.2 Å². The number of carbonyl (C=O) groups excluding carboxylic acids is 2. The Labute approximate surface area is 189 Å². The van der Waals surface area contributed by atoms with Crippen molar-refractivity contribution in [3.63, 3.8) is 0 Å². The first kappa shape index (κ1) is 21.8. The van der Waals surface area contributed by atoms with Gasteiger partial charge in [0.05, 0.1) is 10.6 Å². The first-order valence-electron chi connectivity index (χ1n) is 10.5. The predicted octanol–water partition coefficient (Wildman–Crippen LogP) is 4.68. The summed E-state index contributed by atoms with van der Waals surface area (Å²) >= 11 is 2.93. The number of rotatable bonds is 7. The Bertz CT molecular complexity index is 1210. The molecule has 2 aromatic heterocycles. The Hall–Kier alpha value is -2.45. The molecule has 3 aromatic rings. The Balaban J connectivity index is 1.58. The summed E-state index contributed by atoms with van der Waals surface area (Å²) in [6.45, 7) is 5.93. The summed E-state index contributed by atoms with van der Waals surface area (Å²) < 4.78 is 1.73. The summed E-state index contributed by atoms with van der Waals surface area (Å²) in [5.74, 6) is -0.191. The van der Waals surface area contributed by atoms with Gasteiger partial charge in [-0.1, -0.05) is 18.7 Å². The lowest BCUT2D eigenvalue weighted by Gasteiger charge is -2.15. The zero-order valence-electron chi connectivity index (χ0n) is 17.9. The van der Waals surface area contributed by atoms with Gasteiger partial charge in [0.2, 0.25) is 5.91 Å². The minimum absolute atomic E-state index is 0.0150. The highest BCUT2D eigenvalue weighted by Crippen LogP contribution is 2.36. The van der Waals surface area contributed by atoms with Gasteiger partial charge in [0.1, 0.15) is 4.83 Å². The number of anilines is 1. The molecular weight excluding hydrogens is 430 g/mol. The van der Waals surface area contributed by atoms with Gasteiger partial charge < -0.3 is 5.32 Å². The standard InChI is InChI=1S/C23H25N3O3S2/c1-4-12-26-22(29)19-17-6-5-7-18(17)31-21(19)25-23(26)30-14(3)20(28)24-16-10-8-15(9-11-16)13(2)27/h8-11,14H,4-7,12H2,1-3H3,(H,24,28). The van der Waals surface area contributed by atoms with Gasteiger partial charge >= 0.3 is 0 Å². The van der Waals surface area contributed by atoms with E-state index >= 15 is 0 Å². The summed E-state index contributed by atoms with van der Waals surface area (Å²) in [4.78, 5) is 44.3. The molecule has 6 nitrogen and oxygen atoms in total. The predicted molar refractivity (Wildman–Crippen MR) is 127 cm³/mol. The largest absolute Gasteiger partial charge is 0.325 e. The quantitative estimate of drug-likeness (QED) is 0.318. The number of hydrogen-bond donors (Lipinski definition) is 1. The lowest BCUT2D eigenvalue weighted by atomic mass is 10.1. The molecule has 8 heteroatoms. The van der Waals surface area contributed by atoms with Crippen molar-refractivity contribution < 1.29 is 9.59 Å². The average molecular weight is 456 g/mol. The fourth-order valence-corrected chi connectivity index (χ4v) is 6.05. The van der Waals surface area contributed by atoms with Crippen molar-refractivity contribution in [3.8, 4) is 0 Å². The van der Waals surface area contributed by atoms with Crippen LogP contribution in [0.25, 0.3) is 10.2 Å². The summed E-state index contributed by atoms with van der Waals surface area (Å²) in [6.07, 6.45) is 3.89. The first-order valence-corrected chi connectivity index (χ1v) is 12.2. The number of hydrogen-bond acceptors (Lipinski definition) is 6. The smallest absolute Gasteiger partial charge is 0.263 e. The third-order valence-corrected chi connectivity index (χ3v) is 7.72. The molecule has 162 valence electrons. The van der Waals surface area contributed by atoms with E-state index in [-0.39, 0.29) is 17.2 Å². The van der Waals surface area contributed by atoms with Crippen LogP contribution >= 0.6 is 23.1 Å². The van der Waals surface area contributed by atoms with Crippen LogP contribution in [-0.2, 0) is 24.2 Å². The number of thioether (sulfide) groups is 1. The normalized spacial score (nSPS) is 13.9. The van der Waals surface area contributed by atoms with Crippen molar-refractivity contribution >= 4 is 50.7 Å². The molecule has 0 spiro atoms. The second-order valence-corrected chi connectivity index (χ2v) is 10.2.